The molecule has 1 fully saturated rings. The number of carbonyl (C=O) groups excluding carboxylic acids is 1. The number of aliphatic hydroxyl groups is 1. The van der Waals surface area contributed by atoms with E-state index in [9.17, 15) is 19.4 Å². The van der Waals surface area contributed by atoms with Crippen LogP contribution in [0.1, 0.15) is 13.3 Å². The second-order valence-electron chi connectivity index (χ2n) is 7.37. The second-order valence-corrected chi connectivity index (χ2v) is 7.37. The minimum Gasteiger partial charge on any atom is -0.507 e. The van der Waals surface area contributed by atoms with Gasteiger partial charge in [0.1, 0.15) is 17.4 Å². The summed E-state index contributed by atoms with van der Waals surface area (Å²) < 4.78 is 14.4. The van der Waals surface area contributed by atoms with Crippen LogP contribution in [0, 0.1) is 5.82 Å². The van der Waals surface area contributed by atoms with Crippen molar-refractivity contribution in [3.8, 4) is 28.0 Å². The number of halogens is 1. The van der Waals surface area contributed by atoms with Crippen molar-refractivity contribution >= 4 is 17.4 Å². The van der Waals surface area contributed by atoms with E-state index in [2.05, 4.69) is 10.3 Å². The lowest BCUT2D eigenvalue weighted by molar-refractivity contribution is -0.114. The number of aromatic nitrogens is 1. The zero-order chi connectivity index (χ0) is 21.3. The van der Waals surface area contributed by atoms with Crippen LogP contribution in [-0.2, 0) is 4.79 Å². The highest BCUT2D eigenvalue weighted by atomic mass is 19.1. The van der Waals surface area contributed by atoms with Crippen molar-refractivity contribution in [3.05, 3.63) is 60.5 Å². The lowest BCUT2D eigenvalue weighted by Crippen LogP contribution is -2.22. The third kappa shape index (κ3) is 3.97. The molecule has 1 amide bonds. The fourth-order valence-electron chi connectivity index (χ4n) is 3.69. The maximum atomic E-state index is 14.4. The van der Waals surface area contributed by atoms with Crippen molar-refractivity contribution in [2.24, 2.45) is 0 Å². The molecule has 0 aliphatic carbocycles. The smallest absolute Gasteiger partial charge is 0.221 e. The van der Waals surface area contributed by atoms with Crippen molar-refractivity contribution in [1.29, 1.82) is 0 Å². The quantitative estimate of drug-likeness (QED) is 0.613. The van der Waals surface area contributed by atoms with E-state index in [1.807, 2.05) is 11.0 Å². The van der Waals surface area contributed by atoms with Gasteiger partial charge in [0.05, 0.1) is 11.8 Å². The van der Waals surface area contributed by atoms with Gasteiger partial charge in [-0.1, -0.05) is 24.3 Å². The molecule has 30 heavy (non-hydrogen) atoms. The molecule has 0 bridgehead atoms. The molecule has 1 aliphatic heterocycles. The number of phenols is 1. The predicted molar refractivity (Wildman–Crippen MR) is 114 cm³/mol. The first-order chi connectivity index (χ1) is 14.4. The van der Waals surface area contributed by atoms with E-state index in [1.165, 1.54) is 19.1 Å². The van der Waals surface area contributed by atoms with Crippen molar-refractivity contribution in [2.45, 2.75) is 19.4 Å². The van der Waals surface area contributed by atoms with Crippen LogP contribution in [0.25, 0.3) is 22.3 Å². The van der Waals surface area contributed by atoms with Crippen molar-refractivity contribution < 1.29 is 19.4 Å². The number of rotatable bonds is 4. The number of β-amino-alcohol motifs (C(OH)–C–C–N with tert-alkyl or cyclic N) is 1. The summed E-state index contributed by atoms with van der Waals surface area (Å²) in [6.07, 6.45) is 2.01. The van der Waals surface area contributed by atoms with Crippen LogP contribution < -0.4 is 10.2 Å². The molecule has 0 radical (unpaired) electrons. The molecule has 154 valence electrons. The molecule has 4 rings (SSSR count). The summed E-state index contributed by atoms with van der Waals surface area (Å²) >= 11 is 0. The molecule has 6 nitrogen and oxygen atoms in total. The van der Waals surface area contributed by atoms with Gasteiger partial charge >= 0.3 is 0 Å². The fourth-order valence-corrected chi connectivity index (χ4v) is 3.69. The zero-order valence-electron chi connectivity index (χ0n) is 16.5. The first-order valence-corrected chi connectivity index (χ1v) is 9.71. The van der Waals surface area contributed by atoms with Gasteiger partial charge in [0, 0.05) is 37.3 Å². The Morgan fingerprint density at radius 2 is 1.90 bits per heavy atom. The van der Waals surface area contributed by atoms with E-state index in [0.29, 0.717) is 29.7 Å². The zero-order valence-corrected chi connectivity index (χ0v) is 16.5. The molecule has 1 saturated heterocycles. The van der Waals surface area contributed by atoms with Gasteiger partial charge < -0.3 is 20.4 Å². The second kappa shape index (κ2) is 8.12. The number of hydrogen-bond acceptors (Lipinski definition) is 5. The fraction of sp³-hybridized carbons (Fsp3) is 0.217. The third-order valence-electron chi connectivity index (χ3n) is 5.17. The third-order valence-corrected chi connectivity index (χ3v) is 5.17. The Labute approximate surface area is 173 Å². The highest BCUT2D eigenvalue weighted by Crippen LogP contribution is 2.39. The highest BCUT2D eigenvalue weighted by Gasteiger charge is 2.22. The molecule has 3 N–H and O–H groups in total. The van der Waals surface area contributed by atoms with Crippen molar-refractivity contribution in [3.63, 3.8) is 0 Å². The molecule has 0 unspecified atom stereocenters. The maximum absolute atomic E-state index is 14.4. The van der Waals surface area contributed by atoms with Gasteiger partial charge in [0.2, 0.25) is 5.91 Å². The van der Waals surface area contributed by atoms with Gasteiger partial charge in [-0.25, -0.2) is 9.37 Å². The summed E-state index contributed by atoms with van der Waals surface area (Å²) in [5.74, 6) is -0.167. The summed E-state index contributed by atoms with van der Waals surface area (Å²) in [5, 5.41) is 23.1. The monoisotopic (exact) mass is 407 g/mol. The number of pyridine rings is 1. The van der Waals surface area contributed by atoms with E-state index in [0.717, 1.165) is 17.9 Å². The Balaban J connectivity index is 1.69. The van der Waals surface area contributed by atoms with Gasteiger partial charge in [0.15, 0.2) is 0 Å². The average Bonchev–Trinajstić information content (AvgIpc) is 3.16. The summed E-state index contributed by atoms with van der Waals surface area (Å²) in [6, 6.07) is 13.4. The normalized spacial score (nSPS) is 16.0. The minimum absolute atomic E-state index is 0.0304. The molecular weight excluding hydrogens is 385 g/mol. The number of anilines is 2. The first kappa shape index (κ1) is 19.8. The topological polar surface area (TPSA) is 85.7 Å². The molecule has 1 aromatic heterocycles. The van der Waals surface area contributed by atoms with Crippen molar-refractivity contribution in [1.82, 2.24) is 4.98 Å². The number of nitrogens with one attached hydrogen (secondary N) is 1. The average molecular weight is 407 g/mol. The Kier molecular flexibility index (Phi) is 5.37. The van der Waals surface area contributed by atoms with Crippen LogP contribution in [0.4, 0.5) is 15.9 Å². The van der Waals surface area contributed by atoms with E-state index < -0.39 is 5.82 Å². The minimum atomic E-state index is -0.578. The van der Waals surface area contributed by atoms with Crippen LogP contribution in [-0.4, -0.2) is 40.3 Å². The molecule has 1 aliphatic rings. The van der Waals surface area contributed by atoms with Crippen molar-refractivity contribution in [2.75, 3.05) is 23.3 Å². The van der Waals surface area contributed by atoms with Gasteiger partial charge in [-0.3, -0.25) is 4.79 Å². The number of nitrogens with zero attached hydrogens (tertiary/aromatic N) is 2. The van der Waals surface area contributed by atoms with Gasteiger partial charge in [0.25, 0.3) is 0 Å². The number of carbonyl (C=O) groups is 1. The number of aromatic hydroxyl groups is 1. The highest BCUT2D eigenvalue weighted by molar-refractivity contribution is 5.89. The Morgan fingerprint density at radius 1 is 1.17 bits per heavy atom. The molecule has 2 heterocycles. The summed E-state index contributed by atoms with van der Waals surface area (Å²) in [5.41, 5.74) is 2.44. The molecular formula is C23H22FN3O3. The summed E-state index contributed by atoms with van der Waals surface area (Å²) in [4.78, 5) is 17.6. The first-order valence-electron chi connectivity index (χ1n) is 9.71. The van der Waals surface area contributed by atoms with Gasteiger partial charge in [-0.05, 0) is 41.8 Å². The molecule has 3 aromatic rings. The predicted octanol–water partition coefficient (Wildman–Crippen LogP) is 3.79. The maximum Gasteiger partial charge on any atom is 0.221 e. The lowest BCUT2D eigenvalue weighted by Gasteiger charge is -2.18. The number of aliphatic hydroxyl groups excluding tert-OH is 1. The van der Waals surface area contributed by atoms with E-state index in [1.54, 1.807) is 36.5 Å². The van der Waals surface area contributed by atoms with Crippen LogP contribution in [0.3, 0.4) is 0 Å². The van der Waals surface area contributed by atoms with E-state index in [4.69, 9.17) is 0 Å². The van der Waals surface area contributed by atoms with Crippen LogP contribution >= 0.6 is 0 Å². The van der Waals surface area contributed by atoms with Crippen LogP contribution in [0.2, 0.25) is 0 Å². The summed E-state index contributed by atoms with van der Waals surface area (Å²) in [7, 11) is 0. The summed E-state index contributed by atoms with van der Waals surface area (Å²) in [6.45, 7) is 2.57. The van der Waals surface area contributed by atoms with E-state index in [-0.39, 0.29) is 23.4 Å². The Morgan fingerprint density at radius 3 is 2.53 bits per heavy atom. The molecule has 1 atom stereocenters. The Bertz CT molecular complexity index is 1100. The number of phenolic OH excluding ortho intramolecular Hbond substituents is 1. The molecule has 7 heteroatoms. The van der Waals surface area contributed by atoms with Crippen LogP contribution in [0.15, 0.2) is 54.7 Å². The standard InChI is InChI=1S/C23H22FN3O3/c1-14(28)26-21-6-5-15(11-20(21)24)18-3-2-4-19(23(18)30)16-7-9-25-22(12-16)27-10-8-17(29)13-27/h2-7,9,11-12,17,29-30H,8,10,13H2,1H3,(H,26,28)/t17-/m0/s1. The van der Waals surface area contributed by atoms with Gasteiger partial charge in [-0.15, -0.1) is 0 Å². The number of para-hydroxylation sites is 1. The van der Waals surface area contributed by atoms with E-state index >= 15 is 0 Å². The molecule has 0 saturated carbocycles. The number of benzene rings is 2. The SMILES string of the molecule is CC(=O)Nc1ccc(-c2cccc(-c3ccnc(N4CC[C@H](O)C4)c3)c2O)cc1F. The lowest BCUT2D eigenvalue weighted by atomic mass is 9.97. The van der Waals surface area contributed by atoms with Gasteiger partial charge in [-0.2, -0.15) is 0 Å². The Hall–Kier alpha value is -3.45. The molecule has 2 aromatic carbocycles. The number of hydrogen-bond donors (Lipinski definition) is 3. The molecule has 0 spiro atoms. The number of amides is 1. The largest absolute Gasteiger partial charge is 0.507 e. The van der Waals surface area contributed by atoms with Crippen LogP contribution in [0.5, 0.6) is 5.75 Å².